The van der Waals surface area contributed by atoms with E-state index in [0.29, 0.717) is 39.4 Å². The van der Waals surface area contributed by atoms with E-state index < -0.39 is 10.0 Å². The van der Waals surface area contributed by atoms with Gasteiger partial charge in [0.2, 0.25) is 15.9 Å². The number of nitrogens with two attached hydrogens (primary N) is 1. The van der Waals surface area contributed by atoms with Crippen molar-refractivity contribution in [3.63, 3.8) is 0 Å². The summed E-state index contributed by atoms with van der Waals surface area (Å²) in [5.41, 5.74) is 6.14. The molecule has 3 N–H and O–H groups in total. The molecular weight excluding hydrogens is 306 g/mol. The molecule has 0 aliphatic carbocycles. The third kappa shape index (κ3) is 4.26. The Morgan fingerprint density at radius 2 is 1.86 bits per heavy atom. The summed E-state index contributed by atoms with van der Waals surface area (Å²) in [6, 6.07) is 6.54. The quantitative estimate of drug-likeness (QED) is 0.745. The molecule has 1 fully saturated rings. The molecule has 8 heteroatoms. The van der Waals surface area contributed by atoms with Crippen LogP contribution >= 0.6 is 0 Å². The third-order valence-electron chi connectivity index (χ3n) is 3.39. The van der Waals surface area contributed by atoms with Crippen molar-refractivity contribution in [2.45, 2.75) is 17.9 Å². The first kappa shape index (κ1) is 16.9. The van der Waals surface area contributed by atoms with E-state index in [0.717, 1.165) is 5.56 Å². The first-order chi connectivity index (χ1) is 10.5. The van der Waals surface area contributed by atoms with E-state index in [2.05, 4.69) is 5.32 Å². The fraction of sp³-hybridized carbons (Fsp3) is 0.500. The number of benzene rings is 1. The lowest BCUT2D eigenvalue weighted by Gasteiger charge is -2.26. The van der Waals surface area contributed by atoms with Gasteiger partial charge in [-0.3, -0.25) is 4.79 Å². The van der Waals surface area contributed by atoms with Crippen molar-refractivity contribution in [2.24, 2.45) is 5.73 Å². The number of carbonyl (C=O) groups excluding carboxylic acids is 1. The number of nitrogens with zero attached hydrogens (tertiary/aromatic N) is 1. The lowest BCUT2D eigenvalue weighted by molar-refractivity contribution is -0.121. The maximum absolute atomic E-state index is 12.4. The van der Waals surface area contributed by atoms with E-state index in [9.17, 15) is 13.2 Å². The van der Waals surface area contributed by atoms with E-state index in [1.807, 2.05) is 0 Å². The number of carbonyl (C=O) groups is 1. The zero-order valence-corrected chi connectivity index (χ0v) is 13.1. The number of amides is 1. The average Bonchev–Trinajstić information content (AvgIpc) is 2.54. The van der Waals surface area contributed by atoms with Gasteiger partial charge in [-0.1, -0.05) is 12.1 Å². The Kier molecular flexibility index (Phi) is 5.90. The number of rotatable bonds is 6. The maximum Gasteiger partial charge on any atom is 0.243 e. The largest absolute Gasteiger partial charge is 0.379 e. The number of morpholine rings is 1. The molecule has 0 unspecified atom stereocenters. The van der Waals surface area contributed by atoms with Gasteiger partial charge in [0.15, 0.2) is 0 Å². The van der Waals surface area contributed by atoms with Crippen LogP contribution in [0.15, 0.2) is 29.2 Å². The summed E-state index contributed by atoms with van der Waals surface area (Å²) in [7, 11) is -3.47. The Labute approximate surface area is 130 Å². The fourth-order valence-electron chi connectivity index (χ4n) is 2.14. The van der Waals surface area contributed by atoms with Crippen molar-refractivity contribution >= 4 is 15.9 Å². The highest BCUT2D eigenvalue weighted by molar-refractivity contribution is 7.89. The smallest absolute Gasteiger partial charge is 0.243 e. The van der Waals surface area contributed by atoms with E-state index >= 15 is 0 Å². The molecule has 1 aromatic rings. The van der Waals surface area contributed by atoms with Gasteiger partial charge in [0.1, 0.15) is 0 Å². The monoisotopic (exact) mass is 327 g/mol. The molecule has 0 spiro atoms. The first-order valence-corrected chi connectivity index (χ1v) is 8.61. The summed E-state index contributed by atoms with van der Waals surface area (Å²) >= 11 is 0. The third-order valence-corrected chi connectivity index (χ3v) is 5.31. The summed E-state index contributed by atoms with van der Waals surface area (Å²) in [6.45, 7) is 2.26. The molecule has 0 bridgehead atoms. The molecule has 1 aliphatic rings. The van der Waals surface area contributed by atoms with Crippen LogP contribution in [0.25, 0.3) is 0 Å². The Hall–Kier alpha value is -1.48. The molecule has 1 heterocycles. The van der Waals surface area contributed by atoms with E-state index in [-0.39, 0.29) is 17.2 Å². The first-order valence-electron chi connectivity index (χ1n) is 7.17. The second-order valence-electron chi connectivity index (χ2n) is 4.98. The molecule has 7 nitrogen and oxygen atoms in total. The van der Waals surface area contributed by atoms with Crippen LogP contribution in [0.1, 0.15) is 12.0 Å². The lowest BCUT2D eigenvalue weighted by Crippen LogP contribution is -2.40. The molecule has 1 saturated heterocycles. The number of hydrogen-bond donors (Lipinski definition) is 2. The standard InChI is InChI=1S/C14H21N3O4S/c15-6-5-14(18)16-11-12-1-3-13(4-2-12)22(19,20)17-7-9-21-10-8-17/h1-4H,5-11,15H2,(H,16,18). The van der Waals surface area contributed by atoms with Gasteiger partial charge in [0.05, 0.1) is 18.1 Å². The average molecular weight is 327 g/mol. The molecule has 122 valence electrons. The topological polar surface area (TPSA) is 102 Å². The second-order valence-corrected chi connectivity index (χ2v) is 6.91. The zero-order valence-electron chi connectivity index (χ0n) is 12.3. The van der Waals surface area contributed by atoms with Gasteiger partial charge < -0.3 is 15.8 Å². The van der Waals surface area contributed by atoms with Gasteiger partial charge in [-0.05, 0) is 17.7 Å². The Bertz CT molecular complexity index is 595. The van der Waals surface area contributed by atoms with Crippen molar-refractivity contribution < 1.29 is 17.9 Å². The van der Waals surface area contributed by atoms with E-state index in [1.54, 1.807) is 24.3 Å². The van der Waals surface area contributed by atoms with Crippen LogP contribution in [-0.4, -0.2) is 51.5 Å². The van der Waals surface area contributed by atoms with Crippen LogP contribution in [0.5, 0.6) is 0 Å². The SMILES string of the molecule is NCCC(=O)NCc1ccc(S(=O)(=O)N2CCOCC2)cc1. The van der Waals surface area contributed by atoms with Gasteiger partial charge in [0.25, 0.3) is 0 Å². The van der Waals surface area contributed by atoms with Crippen molar-refractivity contribution in [2.75, 3.05) is 32.8 Å². The lowest BCUT2D eigenvalue weighted by atomic mass is 10.2. The minimum absolute atomic E-state index is 0.118. The molecule has 2 rings (SSSR count). The summed E-state index contributed by atoms with van der Waals surface area (Å²) in [5, 5.41) is 2.73. The minimum Gasteiger partial charge on any atom is -0.379 e. The summed E-state index contributed by atoms with van der Waals surface area (Å²) < 4.78 is 31.5. The van der Waals surface area contributed by atoms with Gasteiger partial charge >= 0.3 is 0 Å². The number of sulfonamides is 1. The van der Waals surface area contributed by atoms with E-state index in [4.69, 9.17) is 10.5 Å². The predicted octanol–water partition coefficient (Wildman–Crippen LogP) is -0.327. The van der Waals surface area contributed by atoms with Crippen molar-refractivity contribution in [3.05, 3.63) is 29.8 Å². The molecule has 0 saturated carbocycles. The summed E-state index contributed by atoms with van der Waals surface area (Å²) in [5.74, 6) is -0.118. The molecule has 0 atom stereocenters. The van der Waals surface area contributed by atoms with Crippen molar-refractivity contribution in [1.82, 2.24) is 9.62 Å². The number of ether oxygens (including phenoxy) is 1. The Balaban J connectivity index is 2.00. The van der Waals surface area contributed by atoms with Gasteiger partial charge in [0, 0.05) is 32.6 Å². The van der Waals surface area contributed by atoms with Crippen molar-refractivity contribution in [3.8, 4) is 0 Å². The summed E-state index contributed by atoms with van der Waals surface area (Å²) in [4.78, 5) is 11.6. The second kappa shape index (κ2) is 7.68. The molecule has 1 aromatic carbocycles. The van der Waals surface area contributed by atoms with Crippen LogP contribution in [0.4, 0.5) is 0 Å². The predicted molar refractivity (Wildman–Crippen MR) is 81.5 cm³/mol. The minimum atomic E-state index is -3.47. The highest BCUT2D eigenvalue weighted by atomic mass is 32.2. The highest BCUT2D eigenvalue weighted by Crippen LogP contribution is 2.17. The summed E-state index contributed by atoms with van der Waals surface area (Å²) in [6.07, 6.45) is 0.281. The molecule has 0 radical (unpaired) electrons. The van der Waals surface area contributed by atoms with Crippen molar-refractivity contribution in [1.29, 1.82) is 0 Å². The molecular formula is C14H21N3O4S. The van der Waals surface area contributed by atoms with Crippen LogP contribution in [0, 0.1) is 0 Å². The number of hydrogen-bond acceptors (Lipinski definition) is 5. The highest BCUT2D eigenvalue weighted by Gasteiger charge is 2.25. The normalized spacial score (nSPS) is 16.4. The van der Waals surface area contributed by atoms with Gasteiger partial charge in [-0.2, -0.15) is 4.31 Å². The van der Waals surface area contributed by atoms with E-state index in [1.165, 1.54) is 4.31 Å². The Morgan fingerprint density at radius 1 is 1.23 bits per heavy atom. The Morgan fingerprint density at radius 3 is 2.45 bits per heavy atom. The van der Waals surface area contributed by atoms with Crippen LogP contribution in [0.3, 0.4) is 0 Å². The van der Waals surface area contributed by atoms with Crippen LogP contribution in [-0.2, 0) is 26.1 Å². The van der Waals surface area contributed by atoms with Crippen LogP contribution < -0.4 is 11.1 Å². The fourth-order valence-corrected chi connectivity index (χ4v) is 3.54. The molecule has 1 amide bonds. The number of nitrogens with one attached hydrogen (secondary N) is 1. The molecule has 1 aliphatic heterocycles. The molecule has 22 heavy (non-hydrogen) atoms. The molecule has 0 aromatic heterocycles. The zero-order chi connectivity index (χ0) is 16.0. The van der Waals surface area contributed by atoms with Gasteiger partial charge in [-0.15, -0.1) is 0 Å². The maximum atomic E-state index is 12.4. The van der Waals surface area contributed by atoms with Crippen LogP contribution in [0.2, 0.25) is 0 Å². The van der Waals surface area contributed by atoms with Gasteiger partial charge in [-0.25, -0.2) is 8.42 Å².